The van der Waals surface area contributed by atoms with E-state index in [-0.39, 0.29) is 5.97 Å². The van der Waals surface area contributed by atoms with E-state index in [2.05, 4.69) is 9.88 Å². The number of thiazole rings is 1. The second-order valence-corrected chi connectivity index (χ2v) is 7.51. The summed E-state index contributed by atoms with van der Waals surface area (Å²) < 4.78 is 5.07. The second kappa shape index (κ2) is 7.32. The lowest BCUT2D eigenvalue weighted by Gasteiger charge is -2.38. The van der Waals surface area contributed by atoms with Crippen molar-refractivity contribution in [2.24, 2.45) is 0 Å². The smallest absolute Gasteiger partial charge is 0.350 e. The minimum absolute atomic E-state index is 0.326. The van der Waals surface area contributed by atoms with Gasteiger partial charge in [0.1, 0.15) is 4.88 Å². The first-order valence-electron chi connectivity index (χ1n) is 8.31. The summed E-state index contributed by atoms with van der Waals surface area (Å²) in [6.07, 6.45) is 1.12. The van der Waals surface area contributed by atoms with Crippen LogP contribution in [0.15, 0.2) is 24.3 Å². The molecule has 1 aliphatic rings. The van der Waals surface area contributed by atoms with Gasteiger partial charge in [-0.3, -0.25) is 0 Å². The third-order valence-corrected chi connectivity index (χ3v) is 6.01. The van der Waals surface area contributed by atoms with E-state index in [4.69, 9.17) is 16.3 Å². The van der Waals surface area contributed by atoms with Gasteiger partial charge in [-0.15, -0.1) is 0 Å². The maximum Gasteiger partial charge on any atom is 0.350 e. The summed E-state index contributed by atoms with van der Waals surface area (Å²) in [6.45, 7) is 5.25. The molecule has 1 fully saturated rings. The molecule has 0 amide bonds. The van der Waals surface area contributed by atoms with Gasteiger partial charge in [-0.2, -0.15) is 0 Å². The predicted octanol–water partition coefficient (Wildman–Crippen LogP) is 3.77. The number of aliphatic hydroxyl groups is 1. The van der Waals surface area contributed by atoms with E-state index in [9.17, 15) is 9.90 Å². The second-order valence-electron chi connectivity index (χ2n) is 6.13. The lowest BCUT2D eigenvalue weighted by atomic mass is 9.84. The van der Waals surface area contributed by atoms with Crippen LogP contribution in [0, 0.1) is 6.92 Å². The Labute approximate surface area is 156 Å². The average Bonchev–Trinajstić information content (AvgIpc) is 2.98. The van der Waals surface area contributed by atoms with E-state index in [1.807, 2.05) is 25.1 Å². The summed E-state index contributed by atoms with van der Waals surface area (Å²) in [6, 6.07) is 7.43. The molecule has 5 nitrogen and oxygen atoms in total. The van der Waals surface area contributed by atoms with Gasteiger partial charge in [0.25, 0.3) is 0 Å². The molecular formula is C18H21ClN2O3S. The van der Waals surface area contributed by atoms with Gasteiger partial charge in [-0.05, 0) is 32.8 Å². The minimum Gasteiger partial charge on any atom is -0.462 e. The predicted molar refractivity (Wildman–Crippen MR) is 99.6 cm³/mol. The van der Waals surface area contributed by atoms with E-state index >= 15 is 0 Å². The van der Waals surface area contributed by atoms with Crippen LogP contribution in [0.5, 0.6) is 0 Å². The summed E-state index contributed by atoms with van der Waals surface area (Å²) in [5.41, 5.74) is 0.537. The summed E-state index contributed by atoms with van der Waals surface area (Å²) in [4.78, 5) is 19.1. The fourth-order valence-electron chi connectivity index (χ4n) is 3.08. The molecule has 0 bridgehead atoms. The van der Waals surface area contributed by atoms with Gasteiger partial charge in [0, 0.05) is 23.7 Å². The number of piperidine rings is 1. The van der Waals surface area contributed by atoms with Crippen LogP contribution in [0.4, 0.5) is 5.13 Å². The molecule has 2 heterocycles. The molecule has 0 spiro atoms. The van der Waals surface area contributed by atoms with Crippen molar-refractivity contribution in [2.45, 2.75) is 32.3 Å². The van der Waals surface area contributed by atoms with Gasteiger partial charge >= 0.3 is 5.97 Å². The van der Waals surface area contributed by atoms with Crippen LogP contribution in [-0.2, 0) is 10.3 Å². The fourth-order valence-corrected chi connectivity index (χ4v) is 4.40. The van der Waals surface area contributed by atoms with Crippen molar-refractivity contribution in [3.63, 3.8) is 0 Å². The largest absolute Gasteiger partial charge is 0.462 e. The molecule has 7 heteroatoms. The van der Waals surface area contributed by atoms with Crippen molar-refractivity contribution in [2.75, 3.05) is 24.6 Å². The zero-order valence-corrected chi connectivity index (χ0v) is 15.9. The molecule has 134 valence electrons. The van der Waals surface area contributed by atoms with Crippen molar-refractivity contribution < 1.29 is 14.6 Å². The van der Waals surface area contributed by atoms with Crippen LogP contribution in [0.2, 0.25) is 5.02 Å². The highest BCUT2D eigenvalue weighted by atomic mass is 35.5. The third kappa shape index (κ3) is 3.66. The number of aromatic nitrogens is 1. The Kier molecular flexibility index (Phi) is 5.32. The van der Waals surface area contributed by atoms with Crippen molar-refractivity contribution in [1.82, 2.24) is 4.98 Å². The van der Waals surface area contributed by atoms with Crippen molar-refractivity contribution in [3.8, 4) is 0 Å². The standard InChI is InChI=1S/C18H21ClN2O3S/c1-3-24-16(22)15-12(2)20-17(25-15)21-10-8-18(23,9-11-21)13-6-4-5-7-14(13)19/h4-7,23H,3,8-11H2,1-2H3. The van der Waals surface area contributed by atoms with Crippen molar-refractivity contribution in [1.29, 1.82) is 0 Å². The molecule has 1 N–H and O–H groups in total. The Hall–Kier alpha value is -1.63. The van der Waals surface area contributed by atoms with E-state index in [1.54, 1.807) is 13.0 Å². The van der Waals surface area contributed by atoms with E-state index in [0.29, 0.717) is 48.1 Å². The fraction of sp³-hybridized carbons (Fsp3) is 0.444. The maximum absolute atomic E-state index is 12.0. The van der Waals surface area contributed by atoms with Crippen LogP contribution in [-0.4, -0.2) is 35.8 Å². The first kappa shape index (κ1) is 18.2. The highest BCUT2D eigenvalue weighted by Crippen LogP contribution is 2.38. The topological polar surface area (TPSA) is 62.7 Å². The molecule has 1 aromatic heterocycles. The number of nitrogens with zero attached hydrogens (tertiary/aromatic N) is 2. The van der Waals surface area contributed by atoms with Gasteiger partial charge in [0.05, 0.1) is 17.9 Å². The molecule has 0 saturated carbocycles. The van der Waals surface area contributed by atoms with Crippen LogP contribution >= 0.6 is 22.9 Å². The van der Waals surface area contributed by atoms with Crippen LogP contribution in [0.3, 0.4) is 0 Å². The first-order valence-corrected chi connectivity index (χ1v) is 9.51. The molecular weight excluding hydrogens is 360 g/mol. The summed E-state index contributed by atoms with van der Waals surface area (Å²) in [7, 11) is 0. The molecule has 0 unspecified atom stereocenters. The number of esters is 1. The molecule has 1 saturated heterocycles. The summed E-state index contributed by atoms with van der Waals surface area (Å²) in [5, 5.41) is 12.4. The normalized spacial score (nSPS) is 16.7. The minimum atomic E-state index is -0.925. The molecule has 25 heavy (non-hydrogen) atoms. The number of carbonyl (C=O) groups excluding carboxylic acids is 1. The zero-order chi connectivity index (χ0) is 18.0. The number of hydrogen-bond acceptors (Lipinski definition) is 6. The van der Waals surface area contributed by atoms with Gasteiger partial charge in [0.2, 0.25) is 0 Å². The molecule has 2 aromatic rings. The molecule has 0 aliphatic carbocycles. The molecule has 1 aromatic carbocycles. The summed E-state index contributed by atoms with van der Waals surface area (Å²) >= 11 is 7.60. The Morgan fingerprint density at radius 1 is 1.40 bits per heavy atom. The Morgan fingerprint density at radius 3 is 2.72 bits per heavy atom. The number of aryl methyl sites for hydroxylation is 1. The number of rotatable bonds is 4. The molecule has 3 rings (SSSR count). The number of benzene rings is 1. The zero-order valence-electron chi connectivity index (χ0n) is 14.3. The maximum atomic E-state index is 12.0. The third-order valence-electron chi connectivity index (χ3n) is 4.48. The quantitative estimate of drug-likeness (QED) is 0.818. The SMILES string of the molecule is CCOC(=O)c1sc(N2CCC(O)(c3ccccc3Cl)CC2)nc1C. The Bertz CT molecular complexity index is 769. The number of carbonyl (C=O) groups is 1. The lowest BCUT2D eigenvalue weighted by Crippen LogP contribution is -2.42. The van der Waals surface area contributed by atoms with Crippen molar-refractivity contribution >= 4 is 34.0 Å². The lowest BCUT2D eigenvalue weighted by molar-refractivity contribution is 0.0119. The van der Waals surface area contributed by atoms with E-state index < -0.39 is 5.60 Å². The number of hydrogen-bond donors (Lipinski definition) is 1. The first-order chi connectivity index (χ1) is 11.9. The van der Waals surface area contributed by atoms with Gasteiger partial charge in [0.15, 0.2) is 5.13 Å². The highest BCUT2D eigenvalue weighted by Gasteiger charge is 2.36. The Morgan fingerprint density at radius 2 is 2.08 bits per heavy atom. The summed E-state index contributed by atoms with van der Waals surface area (Å²) in [5.74, 6) is -0.326. The van der Waals surface area contributed by atoms with Gasteiger partial charge in [-0.25, -0.2) is 9.78 Å². The van der Waals surface area contributed by atoms with Crippen LogP contribution in [0.25, 0.3) is 0 Å². The monoisotopic (exact) mass is 380 g/mol. The number of halogens is 1. The highest BCUT2D eigenvalue weighted by molar-refractivity contribution is 7.17. The average molecular weight is 381 g/mol. The molecule has 0 radical (unpaired) electrons. The van der Waals surface area contributed by atoms with Gasteiger partial charge < -0.3 is 14.7 Å². The van der Waals surface area contributed by atoms with Crippen LogP contribution in [0.1, 0.15) is 40.7 Å². The van der Waals surface area contributed by atoms with Gasteiger partial charge in [-0.1, -0.05) is 41.1 Å². The number of anilines is 1. The van der Waals surface area contributed by atoms with Crippen LogP contribution < -0.4 is 4.90 Å². The number of ether oxygens (including phenoxy) is 1. The Balaban J connectivity index is 1.74. The molecule has 1 aliphatic heterocycles. The van der Waals surface area contributed by atoms with E-state index in [1.165, 1.54) is 11.3 Å². The molecule has 0 atom stereocenters. The van der Waals surface area contributed by atoms with E-state index in [0.717, 1.165) is 10.7 Å². The van der Waals surface area contributed by atoms with Crippen molar-refractivity contribution in [3.05, 3.63) is 45.4 Å².